The van der Waals surface area contributed by atoms with E-state index in [9.17, 15) is 9.59 Å². The number of Topliss-reactive ketones (excluding diaryl/α,β-unsaturated/α-hetero) is 1. The Labute approximate surface area is 110 Å². The number of nitrogens with two attached hydrogens (primary N) is 1. The minimum Gasteiger partial charge on any atom is -0.480 e. The van der Waals surface area contributed by atoms with E-state index in [1.807, 2.05) is 6.07 Å². The molecule has 1 aromatic carbocycles. The fraction of sp³-hybridized carbons (Fsp3) is 0.308. The van der Waals surface area contributed by atoms with Gasteiger partial charge in [-0.15, -0.1) is 0 Å². The molecule has 1 rings (SSSR count). The second-order valence-electron chi connectivity index (χ2n) is 4.03. The molecular weight excluding hydrogens is 246 g/mol. The van der Waals surface area contributed by atoms with E-state index in [1.54, 1.807) is 18.2 Å². The highest BCUT2D eigenvalue weighted by Crippen LogP contribution is 2.04. The third-order valence-electron chi connectivity index (χ3n) is 2.55. The van der Waals surface area contributed by atoms with E-state index < -0.39 is 12.0 Å². The fourth-order valence-electron chi connectivity index (χ4n) is 1.45. The van der Waals surface area contributed by atoms with Crippen LogP contribution in [-0.4, -0.2) is 36.0 Å². The Balaban J connectivity index is 2.39. The monoisotopic (exact) mass is 261 g/mol. The van der Waals surface area contributed by atoms with Crippen LogP contribution in [-0.2, 0) is 4.79 Å². The number of benzene rings is 1. The van der Waals surface area contributed by atoms with Gasteiger partial charge in [-0.2, -0.15) is 5.26 Å². The van der Waals surface area contributed by atoms with Gasteiger partial charge in [0.05, 0.1) is 18.2 Å². The molecular formula is C13H15N3O3. The van der Waals surface area contributed by atoms with Crippen molar-refractivity contribution >= 4 is 11.8 Å². The molecule has 0 heterocycles. The number of rotatable bonds is 7. The first-order valence-electron chi connectivity index (χ1n) is 5.77. The van der Waals surface area contributed by atoms with Crippen molar-refractivity contribution < 1.29 is 14.7 Å². The van der Waals surface area contributed by atoms with Crippen molar-refractivity contribution in [3.8, 4) is 6.07 Å². The first-order valence-corrected chi connectivity index (χ1v) is 5.77. The van der Waals surface area contributed by atoms with E-state index in [1.165, 1.54) is 6.07 Å². The molecule has 0 bridgehead atoms. The van der Waals surface area contributed by atoms with Crippen LogP contribution < -0.4 is 11.1 Å². The van der Waals surface area contributed by atoms with Crippen LogP contribution in [0.2, 0.25) is 0 Å². The number of nitriles is 1. The van der Waals surface area contributed by atoms with Gasteiger partial charge in [-0.3, -0.25) is 9.59 Å². The zero-order chi connectivity index (χ0) is 14.3. The van der Waals surface area contributed by atoms with Gasteiger partial charge in [-0.05, 0) is 25.1 Å². The molecule has 1 aromatic rings. The average Bonchev–Trinajstić information content (AvgIpc) is 2.42. The normalized spacial score (nSPS) is 11.6. The third-order valence-corrected chi connectivity index (χ3v) is 2.55. The summed E-state index contributed by atoms with van der Waals surface area (Å²) in [6, 6.07) is 7.46. The molecule has 0 saturated carbocycles. The van der Waals surface area contributed by atoms with Crippen molar-refractivity contribution in [3.63, 3.8) is 0 Å². The average molecular weight is 261 g/mol. The molecule has 4 N–H and O–H groups in total. The van der Waals surface area contributed by atoms with Crippen LogP contribution in [0.5, 0.6) is 0 Å². The molecule has 6 heteroatoms. The highest BCUT2D eigenvalue weighted by atomic mass is 16.4. The first kappa shape index (κ1) is 14.8. The van der Waals surface area contributed by atoms with Crippen molar-refractivity contribution in [1.82, 2.24) is 5.32 Å². The number of carbonyl (C=O) groups excluding carboxylic acids is 1. The molecule has 19 heavy (non-hydrogen) atoms. The van der Waals surface area contributed by atoms with Crippen LogP contribution in [0.3, 0.4) is 0 Å². The Kier molecular flexibility index (Phi) is 5.67. The summed E-state index contributed by atoms with van der Waals surface area (Å²) in [7, 11) is 0. The highest BCUT2D eigenvalue weighted by molar-refractivity contribution is 5.97. The summed E-state index contributed by atoms with van der Waals surface area (Å²) in [5, 5.41) is 20.1. The van der Waals surface area contributed by atoms with Crippen LogP contribution in [0.1, 0.15) is 22.3 Å². The van der Waals surface area contributed by atoms with Gasteiger partial charge in [0.1, 0.15) is 6.04 Å². The van der Waals surface area contributed by atoms with Crippen LogP contribution >= 0.6 is 0 Å². The standard InChI is InChI=1S/C13H15N3O3/c14-7-9-2-1-3-10(6-9)12(17)8-16-5-4-11(15)13(18)19/h1-3,6,11,16H,4-5,8,15H2,(H,18,19)/t11-/m0/s1. The minimum atomic E-state index is -1.06. The van der Waals surface area contributed by atoms with Crippen molar-refractivity contribution in [2.75, 3.05) is 13.1 Å². The number of carboxylic acids is 1. The van der Waals surface area contributed by atoms with Crippen LogP contribution in [0.15, 0.2) is 24.3 Å². The summed E-state index contributed by atoms with van der Waals surface area (Å²) in [5.41, 5.74) is 6.20. The van der Waals surface area contributed by atoms with Crippen molar-refractivity contribution in [1.29, 1.82) is 5.26 Å². The smallest absolute Gasteiger partial charge is 0.320 e. The Morgan fingerprint density at radius 3 is 2.84 bits per heavy atom. The predicted octanol–water partition coefficient (Wildman–Crippen LogP) is 0.133. The number of nitrogens with one attached hydrogen (secondary N) is 1. The lowest BCUT2D eigenvalue weighted by molar-refractivity contribution is -0.138. The van der Waals surface area contributed by atoms with Gasteiger partial charge in [0.15, 0.2) is 5.78 Å². The van der Waals surface area contributed by atoms with Crippen LogP contribution in [0.25, 0.3) is 0 Å². The lowest BCUT2D eigenvalue weighted by Gasteiger charge is -2.07. The lowest BCUT2D eigenvalue weighted by Crippen LogP contribution is -2.35. The zero-order valence-electron chi connectivity index (χ0n) is 10.3. The van der Waals surface area contributed by atoms with E-state index in [0.717, 1.165) is 0 Å². The number of aliphatic carboxylic acids is 1. The molecule has 0 amide bonds. The maximum atomic E-state index is 11.8. The van der Waals surface area contributed by atoms with Gasteiger partial charge in [-0.25, -0.2) is 0 Å². The van der Waals surface area contributed by atoms with E-state index in [4.69, 9.17) is 16.1 Å². The number of ketones is 1. The Morgan fingerprint density at radius 2 is 2.21 bits per heavy atom. The molecule has 0 aromatic heterocycles. The molecule has 0 fully saturated rings. The van der Waals surface area contributed by atoms with Gasteiger partial charge in [0.2, 0.25) is 0 Å². The van der Waals surface area contributed by atoms with E-state index >= 15 is 0 Å². The largest absolute Gasteiger partial charge is 0.480 e. The third kappa shape index (κ3) is 4.87. The maximum absolute atomic E-state index is 11.8. The summed E-state index contributed by atoms with van der Waals surface area (Å²) in [6.45, 7) is 0.429. The summed E-state index contributed by atoms with van der Waals surface area (Å²) in [5.74, 6) is -1.21. The highest BCUT2D eigenvalue weighted by Gasteiger charge is 2.11. The molecule has 6 nitrogen and oxygen atoms in total. The SMILES string of the molecule is N#Cc1cccc(C(=O)CNCC[C@H](N)C(=O)O)c1. The van der Waals surface area contributed by atoms with Crippen molar-refractivity contribution in [2.45, 2.75) is 12.5 Å². The van der Waals surface area contributed by atoms with Gasteiger partial charge < -0.3 is 16.2 Å². The number of hydrogen-bond acceptors (Lipinski definition) is 5. The summed E-state index contributed by atoms with van der Waals surface area (Å²) in [6.07, 6.45) is 0.251. The number of carbonyl (C=O) groups is 2. The fourth-order valence-corrected chi connectivity index (χ4v) is 1.45. The Morgan fingerprint density at radius 1 is 1.47 bits per heavy atom. The molecule has 0 aliphatic heterocycles. The second-order valence-corrected chi connectivity index (χ2v) is 4.03. The van der Waals surface area contributed by atoms with Crippen molar-refractivity contribution in [3.05, 3.63) is 35.4 Å². The van der Waals surface area contributed by atoms with Gasteiger partial charge in [-0.1, -0.05) is 12.1 Å². The predicted molar refractivity (Wildman–Crippen MR) is 68.6 cm³/mol. The van der Waals surface area contributed by atoms with E-state index in [2.05, 4.69) is 5.32 Å². The van der Waals surface area contributed by atoms with Gasteiger partial charge >= 0.3 is 5.97 Å². The molecule has 1 atom stereocenters. The summed E-state index contributed by atoms with van der Waals surface area (Å²) in [4.78, 5) is 22.2. The molecule has 0 aliphatic carbocycles. The second kappa shape index (κ2) is 7.26. The summed E-state index contributed by atoms with van der Waals surface area (Å²) >= 11 is 0. The first-order chi connectivity index (χ1) is 9.04. The Hall–Kier alpha value is -2.23. The van der Waals surface area contributed by atoms with Gasteiger partial charge in [0, 0.05) is 5.56 Å². The van der Waals surface area contributed by atoms with Crippen LogP contribution in [0.4, 0.5) is 0 Å². The quantitative estimate of drug-likeness (QED) is 0.474. The van der Waals surface area contributed by atoms with E-state index in [-0.39, 0.29) is 18.7 Å². The number of carboxylic acid groups (broad SMARTS) is 1. The number of hydrogen-bond donors (Lipinski definition) is 3. The molecule has 0 radical (unpaired) electrons. The Bertz CT molecular complexity index is 508. The molecule has 0 spiro atoms. The molecule has 0 saturated heterocycles. The topological polar surface area (TPSA) is 116 Å². The molecule has 0 unspecified atom stereocenters. The summed E-state index contributed by atoms with van der Waals surface area (Å²) < 4.78 is 0. The number of nitrogens with zero attached hydrogens (tertiary/aromatic N) is 1. The minimum absolute atomic E-state index is 0.0845. The van der Waals surface area contributed by atoms with E-state index in [0.29, 0.717) is 17.7 Å². The maximum Gasteiger partial charge on any atom is 0.320 e. The van der Waals surface area contributed by atoms with Gasteiger partial charge in [0.25, 0.3) is 0 Å². The van der Waals surface area contributed by atoms with Crippen LogP contribution in [0, 0.1) is 11.3 Å². The molecule has 100 valence electrons. The lowest BCUT2D eigenvalue weighted by atomic mass is 10.1. The zero-order valence-corrected chi connectivity index (χ0v) is 10.3. The molecule has 0 aliphatic rings. The van der Waals surface area contributed by atoms with Crippen molar-refractivity contribution in [2.24, 2.45) is 5.73 Å².